The van der Waals surface area contributed by atoms with Crippen LogP contribution in [0.1, 0.15) is 118 Å². The molecule has 2 nitrogen and oxygen atoms in total. The van der Waals surface area contributed by atoms with Crippen molar-refractivity contribution in [3.63, 3.8) is 0 Å². The Hall–Kier alpha value is -0.380. The first-order valence-electron chi connectivity index (χ1n) is 15.4. The van der Waals surface area contributed by atoms with Crippen LogP contribution in [0.25, 0.3) is 0 Å². The summed E-state index contributed by atoms with van der Waals surface area (Å²) in [5.41, 5.74) is 1.20. The Morgan fingerprint density at radius 3 is 1.46 bits per heavy atom. The van der Waals surface area contributed by atoms with Gasteiger partial charge < -0.3 is 9.47 Å². The number of halogens is 1. The first-order valence-corrected chi connectivity index (χ1v) is 16.6. The van der Waals surface area contributed by atoms with E-state index < -0.39 is 0 Å². The van der Waals surface area contributed by atoms with Gasteiger partial charge in [0.05, 0.1) is 6.61 Å². The number of benzene rings is 1. The molecule has 1 aromatic rings. The average Bonchev–Trinajstić information content (AvgIpc) is 2.82. The van der Waals surface area contributed by atoms with Crippen LogP contribution in [0.15, 0.2) is 30.3 Å². The van der Waals surface area contributed by atoms with Crippen LogP contribution in [-0.4, -0.2) is 18.7 Å². The van der Waals surface area contributed by atoms with Crippen molar-refractivity contribution in [3.8, 4) is 0 Å². The van der Waals surface area contributed by atoms with Gasteiger partial charge in [0, 0.05) is 11.9 Å². The third kappa shape index (κ3) is 19.3. The summed E-state index contributed by atoms with van der Waals surface area (Å²) in [7, 11) is 0. The van der Waals surface area contributed by atoms with Crippen molar-refractivity contribution >= 4 is 15.9 Å². The van der Waals surface area contributed by atoms with E-state index in [1.165, 1.54) is 63.4 Å². The van der Waals surface area contributed by atoms with Gasteiger partial charge in [0.2, 0.25) is 0 Å². The summed E-state index contributed by atoms with van der Waals surface area (Å²) < 4.78 is 11.3. The van der Waals surface area contributed by atoms with Gasteiger partial charge in [0.1, 0.15) is 6.79 Å². The average molecular weight is 582 g/mol. The maximum absolute atomic E-state index is 5.68. The first kappa shape index (κ1) is 34.6. The monoisotopic (exact) mass is 580 g/mol. The fourth-order valence-corrected chi connectivity index (χ4v) is 6.97. The molecular formula is C34H61BrO2. The van der Waals surface area contributed by atoms with Crippen LogP contribution >= 0.6 is 15.9 Å². The van der Waals surface area contributed by atoms with Gasteiger partial charge >= 0.3 is 0 Å². The van der Waals surface area contributed by atoms with E-state index >= 15 is 0 Å². The summed E-state index contributed by atoms with van der Waals surface area (Å²) in [5.74, 6) is 5.83. The lowest BCUT2D eigenvalue weighted by Crippen LogP contribution is -2.14. The minimum absolute atomic E-state index is 0.392. The normalized spacial score (nSPS) is 17.6. The number of alkyl halides is 1. The molecule has 37 heavy (non-hydrogen) atoms. The molecule has 216 valence electrons. The fourth-order valence-electron chi connectivity index (χ4n) is 6.65. The maximum atomic E-state index is 5.68. The number of ether oxygens (including phenoxy) is 2. The quantitative estimate of drug-likeness (QED) is 0.0727. The Balaban J connectivity index is 2.10. The lowest BCUT2D eigenvalue weighted by Gasteiger charge is -2.26. The maximum Gasteiger partial charge on any atom is 0.147 e. The zero-order valence-corrected chi connectivity index (χ0v) is 27.1. The SMILES string of the molecule is CC(CCCBr)CC(C)CC(C)CC(C)CC(C)CC(C)CC(C)CCCOCOCc1ccccc1. The van der Waals surface area contributed by atoms with E-state index in [1.807, 2.05) is 18.2 Å². The van der Waals surface area contributed by atoms with E-state index in [-0.39, 0.29) is 0 Å². The van der Waals surface area contributed by atoms with Crippen LogP contribution in [0.4, 0.5) is 0 Å². The molecule has 1 rings (SSSR count). The van der Waals surface area contributed by atoms with Gasteiger partial charge in [-0.05, 0) is 111 Å². The Morgan fingerprint density at radius 2 is 1.00 bits per heavy atom. The molecule has 0 aliphatic heterocycles. The fraction of sp³-hybridized carbons (Fsp3) is 0.824. The van der Waals surface area contributed by atoms with Gasteiger partial charge in [0.25, 0.3) is 0 Å². The lowest BCUT2D eigenvalue weighted by atomic mass is 9.80. The molecule has 0 aliphatic rings. The van der Waals surface area contributed by atoms with Crippen molar-refractivity contribution in [2.45, 2.75) is 119 Å². The Bertz CT molecular complexity index is 636. The van der Waals surface area contributed by atoms with E-state index in [9.17, 15) is 0 Å². The van der Waals surface area contributed by atoms with E-state index in [4.69, 9.17) is 9.47 Å². The van der Waals surface area contributed by atoms with Gasteiger partial charge in [-0.2, -0.15) is 0 Å². The summed E-state index contributed by atoms with van der Waals surface area (Å²) in [6.07, 6.45) is 13.3. The van der Waals surface area contributed by atoms with Gasteiger partial charge in [0.15, 0.2) is 0 Å². The van der Waals surface area contributed by atoms with Crippen molar-refractivity contribution < 1.29 is 9.47 Å². The predicted octanol–water partition coefficient (Wildman–Crippen LogP) is 10.9. The van der Waals surface area contributed by atoms with Crippen LogP contribution in [0.5, 0.6) is 0 Å². The van der Waals surface area contributed by atoms with Crippen LogP contribution < -0.4 is 0 Å². The summed E-state index contributed by atoms with van der Waals surface area (Å²) >= 11 is 3.57. The molecule has 0 radical (unpaired) electrons. The number of rotatable bonds is 23. The smallest absolute Gasteiger partial charge is 0.147 e. The molecule has 0 saturated heterocycles. The Labute approximate surface area is 240 Å². The molecule has 7 unspecified atom stereocenters. The second-order valence-corrected chi connectivity index (χ2v) is 13.8. The van der Waals surface area contributed by atoms with E-state index in [0.29, 0.717) is 13.4 Å². The number of hydrogen-bond acceptors (Lipinski definition) is 2. The predicted molar refractivity (Wildman–Crippen MR) is 166 cm³/mol. The summed E-state index contributed by atoms with van der Waals surface area (Å²) in [4.78, 5) is 0. The molecule has 3 heteroatoms. The third-order valence-corrected chi connectivity index (χ3v) is 8.48. The van der Waals surface area contributed by atoms with Crippen molar-refractivity contribution in [2.75, 3.05) is 18.7 Å². The Kier molecular flexibility index (Phi) is 20.1. The molecule has 1 aromatic carbocycles. The third-order valence-electron chi connectivity index (χ3n) is 7.92. The lowest BCUT2D eigenvalue weighted by molar-refractivity contribution is -0.0628. The molecule has 0 saturated carbocycles. The van der Waals surface area contributed by atoms with Crippen molar-refractivity contribution in [3.05, 3.63) is 35.9 Å². The molecule has 0 aliphatic carbocycles. The summed E-state index contributed by atoms with van der Waals surface area (Å²) in [5, 5.41) is 1.15. The molecule has 0 N–H and O–H groups in total. The second kappa shape index (κ2) is 21.4. The van der Waals surface area contributed by atoms with E-state index in [1.54, 1.807) is 0 Å². The van der Waals surface area contributed by atoms with Gasteiger partial charge in [-0.1, -0.05) is 94.7 Å². The van der Waals surface area contributed by atoms with Crippen LogP contribution in [0.3, 0.4) is 0 Å². The van der Waals surface area contributed by atoms with E-state index in [2.05, 4.69) is 76.5 Å². The zero-order chi connectivity index (χ0) is 27.5. The molecule has 0 spiro atoms. The van der Waals surface area contributed by atoms with Crippen molar-refractivity contribution in [1.82, 2.24) is 0 Å². The highest BCUT2D eigenvalue weighted by Gasteiger charge is 2.18. The highest BCUT2D eigenvalue weighted by molar-refractivity contribution is 9.09. The summed E-state index contributed by atoms with van der Waals surface area (Å²) in [6, 6.07) is 10.3. The topological polar surface area (TPSA) is 18.5 Å². The largest absolute Gasteiger partial charge is 0.355 e. The van der Waals surface area contributed by atoms with E-state index in [0.717, 1.165) is 59.8 Å². The highest BCUT2D eigenvalue weighted by Crippen LogP contribution is 2.30. The van der Waals surface area contributed by atoms with Gasteiger partial charge in [-0.3, -0.25) is 0 Å². The Morgan fingerprint density at radius 1 is 0.568 bits per heavy atom. The molecular weight excluding hydrogens is 520 g/mol. The van der Waals surface area contributed by atoms with Gasteiger partial charge in [-0.25, -0.2) is 0 Å². The van der Waals surface area contributed by atoms with Crippen LogP contribution in [-0.2, 0) is 16.1 Å². The number of hydrogen-bond donors (Lipinski definition) is 0. The van der Waals surface area contributed by atoms with Crippen LogP contribution in [0.2, 0.25) is 0 Å². The van der Waals surface area contributed by atoms with Gasteiger partial charge in [-0.15, -0.1) is 0 Å². The molecule has 0 amide bonds. The minimum atomic E-state index is 0.392. The van der Waals surface area contributed by atoms with Crippen molar-refractivity contribution in [1.29, 1.82) is 0 Å². The zero-order valence-electron chi connectivity index (χ0n) is 25.5. The standard InChI is InChI=1S/C34H61BrO2/c1-27(13-11-17-35)19-29(3)21-31(5)23-33(7)24-32(6)22-30(4)20-28(2)14-12-18-36-26-37-25-34-15-9-8-10-16-34/h8-10,15-16,27-33H,11-14,17-26H2,1-7H3. The van der Waals surface area contributed by atoms with Crippen molar-refractivity contribution in [2.24, 2.45) is 41.4 Å². The molecule has 0 bridgehead atoms. The molecule has 7 atom stereocenters. The molecule has 0 aromatic heterocycles. The molecule has 0 fully saturated rings. The first-order chi connectivity index (χ1) is 17.7. The highest BCUT2D eigenvalue weighted by atomic mass is 79.9. The second-order valence-electron chi connectivity index (χ2n) is 13.0. The van der Waals surface area contributed by atoms with Crippen LogP contribution in [0, 0.1) is 41.4 Å². The molecule has 0 heterocycles. The summed E-state index contributed by atoms with van der Waals surface area (Å²) in [6.45, 7) is 19.1. The minimum Gasteiger partial charge on any atom is -0.355 e.